The van der Waals surface area contributed by atoms with Gasteiger partial charge >= 0.3 is 0 Å². The number of piperazine rings is 1. The van der Waals surface area contributed by atoms with Gasteiger partial charge in [0.2, 0.25) is 6.41 Å². The minimum absolute atomic E-state index is 0.637. The molecule has 0 bridgehead atoms. The van der Waals surface area contributed by atoms with Gasteiger partial charge in [0.1, 0.15) is 0 Å². The second-order valence-electron chi connectivity index (χ2n) is 2.96. The molecule has 0 aromatic heterocycles. The zero-order chi connectivity index (χ0) is 8.65. The number of carbonyl (C=O) groups excluding carboxylic acids is 1. The van der Waals surface area contributed by atoms with E-state index in [9.17, 15) is 4.79 Å². The number of carbonyl (C=O) groups is 1. The van der Waals surface area contributed by atoms with E-state index in [0.717, 1.165) is 39.1 Å². The highest BCUT2D eigenvalue weighted by Crippen LogP contribution is 1.93. The number of amides is 1. The predicted octanol–water partition coefficient (Wildman–Crippen LogP) is -0.957. The molecule has 1 aliphatic rings. The van der Waals surface area contributed by atoms with Gasteiger partial charge < -0.3 is 10.2 Å². The Morgan fingerprint density at radius 2 is 2.17 bits per heavy atom. The summed E-state index contributed by atoms with van der Waals surface area (Å²) in [6, 6.07) is 0. The van der Waals surface area contributed by atoms with Crippen LogP contribution >= 0.6 is 0 Å². The molecule has 4 nitrogen and oxygen atoms in total. The van der Waals surface area contributed by atoms with Gasteiger partial charge in [0.15, 0.2) is 0 Å². The second-order valence-corrected chi connectivity index (χ2v) is 2.96. The van der Waals surface area contributed by atoms with E-state index in [4.69, 9.17) is 0 Å². The largest absolute Gasteiger partial charge is 0.314 e. The Balaban J connectivity index is 1.94. The van der Waals surface area contributed by atoms with Crippen LogP contribution in [0.5, 0.6) is 0 Å². The first-order chi connectivity index (χ1) is 5.93. The van der Waals surface area contributed by atoms with Gasteiger partial charge in [-0.3, -0.25) is 10.1 Å². The Morgan fingerprint density at radius 1 is 1.42 bits per heavy atom. The minimum atomic E-state index is 0.637. The molecule has 1 amide bonds. The Hall–Kier alpha value is -0.610. The van der Waals surface area contributed by atoms with Gasteiger partial charge in [0, 0.05) is 32.7 Å². The first-order valence-corrected chi connectivity index (χ1v) is 4.47. The monoisotopic (exact) mass is 170 g/mol. The maximum atomic E-state index is 9.87. The summed E-state index contributed by atoms with van der Waals surface area (Å²) in [5.74, 6) is 0. The SMILES string of the molecule is O=C[N]CCCN1CCNCC1. The molecule has 12 heavy (non-hydrogen) atoms. The van der Waals surface area contributed by atoms with Crippen molar-refractivity contribution in [1.29, 1.82) is 0 Å². The zero-order valence-corrected chi connectivity index (χ0v) is 7.33. The molecule has 1 heterocycles. The molecule has 0 aliphatic carbocycles. The number of nitrogens with one attached hydrogen (secondary N) is 1. The van der Waals surface area contributed by atoms with Crippen molar-refractivity contribution in [3.63, 3.8) is 0 Å². The van der Waals surface area contributed by atoms with Crippen molar-refractivity contribution in [3.05, 3.63) is 0 Å². The number of nitrogens with zero attached hydrogens (tertiary/aromatic N) is 2. The highest BCUT2D eigenvalue weighted by atomic mass is 16.1. The standard InChI is InChI=1S/C8H16N3O/c12-8-10-2-1-5-11-6-3-9-4-7-11/h8-9H,1-7H2. The van der Waals surface area contributed by atoms with Crippen molar-refractivity contribution >= 4 is 6.41 Å². The van der Waals surface area contributed by atoms with E-state index in [0.29, 0.717) is 13.0 Å². The quantitative estimate of drug-likeness (QED) is 0.427. The molecule has 0 aromatic rings. The smallest absolute Gasteiger partial charge is 0.228 e. The maximum Gasteiger partial charge on any atom is 0.228 e. The molecule has 0 spiro atoms. The summed E-state index contributed by atoms with van der Waals surface area (Å²) in [5.41, 5.74) is 0. The Morgan fingerprint density at radius 3 is 2.83 bits per heavy atom. The number of hydrogen-bond donors (Lipinski definition) is 1. The van der Waals surface area contributed by atoms with E-state index in [1.165, 1.54) is 0 Å². The lowest BCUT2D eigenvalue weighted by Crippen LogP contribution is -2.44. The summed E-state index contributed by atoms with van der Waals surface area (Å²) in [4.78, 5) is 12.3. The highest BCUT2D eigenvalue weighted by Gasteiger charge is 2.07. The first kappa shape index (κ1) is 9.48. The number of rotatable bonds is 5. The van der Waals surface area contributed by atoms with Crippen LogP contribution in [0, 0.1) is 0 Å². The topological polar surface area (TPSA) is 46.4 Å². The van der Waals surface area contributed by atoms with Crippen LogP contribution in [-0.4, -0.2) is 50.6 Å². The molecule has 0 aromatic carbocycles. The molecule has 1 N–H and O–H groups in total. The average molecular weight is 170 g/mol. The summed E-state index contributed by atoms with van der Waals surface area (Å²) < 4.78 is 0. The summed E-state index contributed by atoms with van der Waals surface area (Å²) in [7, 11) is 0. The normalized spacial score (nSPS) is 19.0. The summed E-state index contributed by atoms with van der Waals surface area (Å²) in [6.07, 6.45) is 1.64. The Labute approximate surface area is 73.3 Å². The molecular formula is C8H16N3O. The Bertz CT molecular complexity index is 123. The van der Waals surface area contributed by atoms with E-state index in [1.54, 1.807) is 0 Å². The van der Waals surface area contributed by atoms with Crippen molar-refractivity contribution in [2.24, 2.45) is 0 Å². The van der Waals surface area contributed by atoms with Gasteiger partial charge in [-0.1, -0.05) is 0 Å². The van der Waals surface area contributed by atoms with Gasteiger partial charge in [-0.2, -0.15) is 0 Å². The Kier molecular flexibility index (Phi) is 4.71. The van der Waals surface area contributed by atoms with Crippen LogP contribution in [0.15, 0.2) is 0 Å². The van der Waals surface area contributed by atoms with Crippen molar-refractivity contribution in [3.8, 4) is 0 Å². The van der Waals surface area contributed by atoms with E-state index in [2.05, 4.69) is 15.5 Å². The van der Waals surface area contributed by atoms with Gasteiger partial charge in [-0.25, -0.2) is 0 Å². The molecule has 0 saturated carbocycles. The van der Waals surface area contributed by atoms with Gasteiger partial charge in [0.05, 0.1) is 0 Å². The summed E-state index contributed by atoms with van der Waals surface area (Å²) in [6.45, 7) is 6.17. The van der Waals surface area contributed by atoms with Crippen LogP contribution in [0.25, 0.3) is 0 Å². The molecule has 1 rings (SSSR count). The first-order valence-electron chi connectivity index (χ1n) is 4.47. The fourth-order valence-corrected chi connectivity index (χ4v) is 1.37. The van der Waals surface area contributed by atoms with Crippen molar-refractivity contribution in [2.45, 2.75) is 6.42 Å². The van der Waals surface area contributed by atoms with Crippen molar-refractivity contribution < 1.29 is 4.79 Å². The van der Waals surface area contributed by atoms with Crippen molar-refractivity contribution in [2.75, 3.05) is 39.3 Å². The summed E-state index contributed by atoms with van der Waals surface area (Å²) in [5, 5.41) is 6.93. The van der Waals surface area contributed by atoms with Crippen LogP contribution in [0.2, 0.25) is 0 Å². The van der Waals surface area contributed by atoms with E-state index in [1.807, 2.05) is 0 Å². The second kappa shape index (κ2) is 5.97. The molecule has 1 radical (unpaired) electrons. The third-order valence-electron chi connectivity index (χ3n) is 2.05. The third kappa shape index (κ3) is 3.69. The molecule has 1 fully saturated rings. The van der Waals surface area contributed by atoms with Crippen LogP contribution < -0.4 is 10.6 Å². The maximum absolute atomic E-state index is 9.87. The lowest BCUT2D eigenvalue weighted by Gasteiger charge is -2.26. The van der Waals surface area contributed by atoms with Crippen LogP contribution in [-0.2, 0) is 4.79 Å². The molecule has 1 saturated heterocycles. The van der Waals surface area contributed by atoms with E-state index >= 15 is 0 Å². The van der Waals surface area contributed by atoms with Crippen LogP contribution in [0.3, 0.4) is 0 Å². The van der Waals surface area contributed by atoms with Crippen molar-refractivity contribution in [1.82, 2.24) is 15.5 Å². The van der Waals surface area contributed by atoms with Crippen LogP contribution in [0.1, 0.15) is 6.42 Å². The van der Waals surface area contributed by atoms with E-state index < -0.39 is 0 Å². The average Bonchev–Trinajstić information content (AvgIpc) is 2.14. The molecule has 1 aliphatic heterocycles. The van der Waals surface area contributed by atoms with Gasteiger partial charge in [-0.15, -0.1) is 0 Å². The van der Waals surface area contributed by atoms with Crippen LogP contribution in [0.4, 0.5) is 0 Å². The fourth-order valence-electron chi connectivity index (χ4n) is 1.37. The molecular weight excluding hydrogens is 154 g/mol. The van der Waals surface area contributed by atoms with Gasteiger partial charge in [-0.05, 0) is 13.0 Å². The zero-order valence-electron chi connectivity index (χ0n) is 7.33. The molecule has 69 valence electrons. The molecule has 0 unspecified atom stereocenters. The number of hydrogen-bond acceptors (Lipinski definition) is 3. The lowest BCUT2D eigenvalue weighted by atomic mass is 10.3. The van der Waals surface area contributed by atoms with Gasteiger partial charge in [0.25, 0.3) is 0 Å². The summed E-state index contributed by atoms with van der Waals surface area (Å²) >= 11 is 0. The molecule has 0 atom stereocenters. The predicted molar refractivity (Wildman–Crippen MR) is 47.0 cm³/mol. The minimum Gasteiger partial charge on any atom is -0.314 e. The van der Waals surface area contributed by atoms with E-state index in [-0.39, 0.29) is 0 Å². The third-order valence-corrected chi connectivity index (χ3v) is 2.05. The highest BCUT2D eigenvalue weighted by molar-refractivity contribution is 5.45. The fraction of sp³-hybridized carbons (Fsp3) is 0.875. The molecule has 4 heteroatoms. The lowest BCUT2D eigenvalue weighted by molar-refractivity contribution is -0.109.